The molecule has 0 saturated carbocycles. The highest BCUT2D eigenvalue weighted by atomic mass is 16.3. The molecule has 0 radical (unpaired) electrons. The maximum atomic E-state index is 8.88. The third-order valence-corrected chi connectivity index (χ3v) is 5.27. The molecule has 1 aromatic carbocycles. The molecule has 1 atom stereocenters. The molecule has 0 bridgehead atoms. The van der Waals surface area contributed by atoms with Crippen molar-refractivity contribution in [2.45, 2.75) is 57.4 Å². The van der Waals surface area contributed by atoms with Crippen LogP contribution >= 0.6 is 0 Å². The number of aliphatic imine (C=N–C) groups is 1. The summed E-state index contributed by atoms with van der Waals surface area (Å²) in [6.07, 6.45) is 9.98. The molecule has 152 valence electrons. The molecule has 5 heteroatoms. The maximum Gasteiger partial charge on any atom is 0.191 e. The van der Waals surface area contributed by atoms with Crippen LogP contribution in [0, 0.1) is 0 Å². The molecule has 2 aromatic rings. The largest absolute Gasteiger partial charge is 0.469 e. The van der Waals surface area contributed by atoms with Gasteiger partial charge >= 0.3 is 0 Å². The van der Waals surface area contributed by atoms with Crippen LogP contribution in [-0.4, -0.2) is 36.8 Å². The van der Waals surface area contributed by atoms with Gasteiger partial charge in [0.2, 0.25) is 0 Å². The van der Waals surface area contributed by atoms with Gasteiger partial charge in [-0.15, -0.1) is 0 Å². The van der Waals surface area contributed by atoms with Gasteiger partial charge in [0, 0.05) is 32.2 Å². The number of furan rings is 1. The molecule has 0 spiro atoms. The normalized spacial score (nSPS) is 16.6. The lowest BCUT2D eigenvalue weighted by Crippen LogP contribution is -2.46. The van der Waals surface area contributed by atoms with Crippen LogP contribution < -0.4 is 10.6 Å². The second-order valence-electron chi connectivity index (χ2n) is 7.48. The van der Waals surface area contributed by atoms with Crippen molar-refractivity contribution in [1.82, 2.24) is 10.6 Å². The fourth-order valence-electron chi connectivity index (χ4n) is 3.69. The minimum Gasteiger partial charge on any atom is -0.469 e. The quantitative estimate of drug-likeness (QED) is 0.334. The number of aliphatic hydroxyl groups excluding tert-OH is 1. The Balaban J connectivity index is 1.50. The molecular formula is C23H33N3O2. The number of aryl methyl sites for hydroxylation is 1. The number of benzene rings is 1. The lowest BCUT2D eigenvalue weighted by molar-refractivity contribution is 0.282. The van der Waals surface area contributed by atoms with Gasteiger partial charge in [-0.2, -0.15) is 0 Å². The zero-order valence-electron chi connectivity index (χ0n) is 16.7. The van der Waals surface area contributed by atoms with Gasteiger partial charge in [-0.25, -0.2) is 0 Å². The van der Waals surface area contributed by atoms with Gasteiger partial charge in [-0.05, 0) is 55.4 Å². The fraction of sp³-hybridized carbons (Fsp3) is 0.522. The molecule has 1 aromatic heterocycles. The van der Waals surface area contributed by atoms with Crippen molar-refractivity contribution < 1.29 is 9.52 Å². The Bertz CT molecular complexity index is 712. The molecule has 1 unspecified atom stereocenters. The lowest BCUT2D eigenvalue weighted by Gasteiger charge is -2.27. The SMILES string of the molecule is OCCCCCCN=C(NCCc1ccco1)NC1CCc2ccccc2C1. The second-order valence-corrected chi connectivity index (χ2v) is 7.48. The molecular weight excluding hydrogens is 350 g/mol. The molecule has 0 fully saturated rings. The summed E-state index contributed by atoms with van der Waals surface area (Å²) >= 11 is 0. The number of hydrogen-bond donors (Lipinski definition) is 3. The first-order valence-corrected chi connectivity index (χ1v) is 10.6. The zero-order chi connectivity index (χ0) is 19.4. The lowest BCUT2D eigenvalue weighted by atomic mass is 9.88. The molecule has 3 rings (SSSR count). The number of unbranched alkanes of at least 4 members (excludes halogenated alkanes) is 3. The molecule has 1 aliphatic rings. The number of aliphatic hydroxyl groups is 1. The van der Waals surface area contributed by atoms with E-state index in [-0.39, 0.29) is 6.61 Å². The van der Waals surface area contributed by atoms with Gasteiger partial charge in [0.15, 0.2) is 5.96 Å². The minimum atomic E-state index is 0.285. The average molecular weight is 384 g/mol. The van der Waals surface area contributed by atoms with Crippen LogP contribution in [0.15, 0.2) is 52.1 Å². The van der Waals surface area contributed by atoms with E-state index in [4.69, 9.17) is 14.5 Å². The highest BCUT2D eigenvalue weighted by Crippen LogP contribution is 2.20. The van der Waals surface area contributed by atoms with Crippen molar-refractivity contribution in [2.75, 3.05) is 19.7 Å². The van der Waals surface area contributed by atoms with Crippen molar-refractivity contribution in [3.8, 4) is 0 Å². The topological polar surface area (TPSA) is 69.8 Å². The van der Waals surface area contributed by atoms with Crippen LogP contribution in [0.4, 0.5) is 0 Å². The Kier molecular flexibility index (Phi) is 8.44. The van der Waals surface area contributed by atoms with Gasteiger partial charge in [-0.3, -0.25) is 4.99 Å². The van der Waals surface area contributed by atoms with Gasteiger partial charge in [0.1, 0.15) is 5.76 Å². The van der Waals surface area contributed by atoms with E-state index in [2.05, 4.69) is 34.9 Å². The Morgan fingerprint density at radius 1 is 1.07 bits per heavy atom. The van der Waals surface area contributed by atoms with E-state index in [0.29, 0.717) is 6.04 Å². The summed E-state index contributed by atoms with van der Waals surface area (Å²) < 4.78 is 5.42. The smallest absolute Gasteiger partial charge is 0.191 e. The van der Waals surface area contributed by atoms with Gasteiger partial charge < -0.3 is 20.2 Å². The Hall–Kier alpha value is -2.27. The van der Waals surface area contributed by atoms with Crippen molar-refractivity contribution >= 4 is 5.96 Å². The van der Waals surface area contributed by atoms with Crippen molar-refractivity contribution in [1.29, 1.82) is 0 Å². The monoisotopic (exact) mass is 383 g/mol. The Morgan fingerprint density at radius 3 is 2.75 bits per heavy atom. The van der Waals surface area contributed by atoms with Gasteiger partial charge in [-0.1, -0.05) is 37.1 Å². The Labute approximate surface area is 168 Å². The molecule has 1 aliphatic carbocycles. The number of rotatable bonds is 10. The van der Waals surface area contributed by atoms with E-state index < -0.39 is 0 Å². The molecule has 3 N–H and O–H groups in total. The molecule has 0 aliphatic heterocycles. The molecule has 1 heterocycles. The van der Waals surface area contributed by atoms with Crippen LogP contribution in [0.5, 0.6) is 0 Å². The van der Waals surface area contributed by atoms with Crippen LogP contribution in [0.2, 0.25) is 0 Å². The number of guanidine groups is 1. The number of hydrogen-bond acceptors (Lipinski definition) is 3. The molecule has 0 amide bonds. The first-order valence-electron chi connectivity index (χ1n) is 10.6. The first-order chi connectivity index (χ1) is 13.8. The third kappa shape index (κ3) is 6.71. The predicted molar refractivity (Wildman–Crippen MR) is 114 cm³/mol. The van der Waals surface area contributed by atoms with Crippen molar-refractivity contribution in [3.63, 3.8) is 0 Å². The standard InChI is InChI=1S/C23H33N3O2/c27-16-6-2-1-5-14-24-23(25-15-13-22-10-7-17-28-22)26-21-12-11-19-8-3-4-9-20(19)18-21/h3-4,7-10,17,21,27H,1-2,5-6,11-16,18H2,(H2,24,25,26). The van der Waals surface area contributed by atoms with Crippen molar-refractivity contribution in [2.24, 2.45) is 4.99 Å². The number of nitrogens with zero attached hydrogens (tertiary/aromatic N) is 1. The van der Waals surface area contributed by atoms with Gasteiger partial charge in [0.05, 0.1) is 6.26 Å². The summed E-state index contributed by atoms with van der Waals surface area (Å²) in [5.74, 6) is 1.89. The first kappa shape index (κ1) is 20.5. The van der Waals surface area contributed by atoms with Crippen molar-refractivity contribution in [3.05, 3.63) is 59.5 Å². The summed E-state index contributed by atoms with van der Waals surface area (Å²) in [7, 11) is 0. The molecule has 0 saturated heterocycles. The number of nitrogens with one attached hydrogen (secondary N) is 2. The summed E-state index contributed by atoms with van der Waals surface area (Å²) in [5.41, 5.74) is 2.93. The van der Waals surface area contributed by atoms with Crippen LogP contribution in [0.1, 0.15) is 49.0 Å². The van der Waals surface area contributed by atoms with Crippen LogP contribution in [0.25, 0.3) is 0 Å². The summed E-state index contributed by atoms with van der Waals surface area (Å²) in [6.45, 7) is 1.89. The minimum absolute atomic E-state index is 0.285. The average Bonchev–Trinajstić information content (AvgIpc) is 3.24. The summed E-state index contributed by atoms with van der Waals surface area (Å²) in [4.78, 5) is 4.79. The van der Waals surface area contributed by atoms with Crippen LogP contribution in [-0.2, 0) is 19.3 Å². The molecule has 28 heavy (non-hydrogen) atoms. The van der Waals surface area contributed by atoms with E-state index in [1.807, 2.05) is 12.1 Å². The van der Waals surface area contributed by atoms with Gasteiger partial charge in [0.25, 0.3) is 0 Å². The number of fused-ring (bicyclic) bond motifs is 1. The molecule has 5 nitrogen and oxygen atoms in total. The van der Waals surface area contributed by atoms with E-state index >= 15 is 0 Å². The highest BCUT2D eigenvalue weighted by molar-refractivity contribution is 5.80. The third-order valence-electron chi connectivity index (χ3n) is 5.27. The van der Waals surface area contributed by atoms with Crippen LogP contribution in [0.3, 0.4) is 0 Å². The van der Waals surface area contributed by atoms with E-state index in [9.17, 15) is 0 Å². The van der Waals surface area contributed by atoms with E-state index in [0.717, 1.165) is 76.2 Å². The maximum absolute atomic E-state index is 8.88. The van der Waals surface area contributed by atoms with E-state index in [1.54, 1.807) is 6.26 Å². The zero-order valence-corrected chi connectivity index (χ0v) is 16.7. The summed E-state index contributed by atoms with van der Waals surface area (Å²) in [5, 5.41) is 16.0. The fourth-order valence-corrected chi connectivity index (χ4v) is 3.69. The second kappa shape index (κ2) is 11.5. The summed E-state index contributed by atoms with van der Waals surface area (Å²) in [6, 6.07) is 13.1. The van der Waals surface area contributed by atoms with E-state index in [1.165, 1.54) is 11.1 Å². The highest BCUT2D eigenvalue weighted by Gasteiger charge is 2.19. The Morgan fingerprint density at radius 2 is 1.93 bits per heavy atom. The predicted octanol–water partition coefficient (Wildman–Crippen LogP) is 3.47.